The number of hydrogen-bond acceptors (Lipinski definition) is 6. The Morgan fingerprint density at radius 3 is 2.39 bits per heavy atom. The van der Waals surface area contributed by atoms with Gasteiger partial charge in [-0.3, -0.25) is 0 Å². The van der Waals surface area contributed by atoms with Crippen molar-refractivity contribution in [2.75, 3.05) is 19.8 Å². The van der Waals surface area contributed by atoms with Crippen LogP contribution in [0.3, 0.4) is 0 Å². The van der Waals surface area contributed by atoms with Gasteiger partial charge in [-0.25, -0.2) is 4.79 Å². The lowest BCUT2D eigenvalue weighted by molar-refractivity contribution is -0.271. The molecule has 1 fully saturated rings. The zero-order valence-electron chi connectivity index (χ0n) is 22.1. The molecule has 2 aromatic rings. The molecule has 36 heavy (non-hydrogen) atoms. The van der Waals surface area contributed by atoms with E-state index in [4.69, 9.17) is 18.9 Å². The summed E-state index contributed by atoms with van der Waals surface area (Å²) in [6.45, 7) is 10.3. The zero-order chi connectivity index (χ0) is 26.2. The molecule has 0 aromatic heterocycles. The summed E-state index contributed by atoms with van der Waals surface area (Å²) >= 11 is 0. The van der Waals surface area contributed by atoms with Gasteiger partial charge in [-0.2, -0.15) is 5.26 Å². The van der Waals surface area contributed by atoms with Gasteiger partial charge in [0.15, 0.2) is 5.79 Å². The van der Waals surface area contributed by atoms with Crippen molar-refractivity contribution in [2.24, 2.45) is 0 Å². The van der Waals surface area contributed by atoms with Crippen molar-refractivity contribution in [2.45, 2.75) is 77.2 Å². The Labute approximate surface area is 214 Å². The Kier molecular flexibility index (Phi) is 8.99. The molecule has 7 nitrogen and oxygen atoms in total. The van der Waals surface area contributed by atoms with Gasteiger partial charge in [0.2, 0.25) is 0 Å². The predicted octanol–water partition coefficient (Wildman–Crippen LogP) is 5.55. The summed E-state index contributed by atoms with van der Waals surface area (Å²) in [6.07, 6.45) is 2.46. The number of benzene rings is 2. The summed E-state index contributed by atoms with van der Waals surface area (Å²) in [5.41, 5.74) is 1.39. The molecule has 0 atom stereocenters. The highest BCUT2D eigenvalue weighted by molar-refractivity contribution is 5.69. The molecule has 7 heteroatoms. The van der Waals surface area contributed by atoms with Gasteiger partial charge in [-0.05, 0) is 83.6 Å². The van der Waals surface area contributed by atoms with Crippen molar-refractivity contribution in [3.8, 4) is 11.8 Å². The molecule has 0 spiro atoms. The molecule has 0 unspecified atom stereocenters. The van der Waals surface area contributed by atoms with Gasteiger partial charge in [-0.15, -0.1) is 0 Å². The lowest BCUT2D eigenvalue weighted by atomic mass is 9.91. The third-order valence-corrected chi connectivity index (χ3v) is 5.93. The smallest absolute Gasteiger partial charge is 0.408 e. The second-order valence-electron chi connectivity index (χ2n) is 10.8. The highest BCUT2D eigenvalue weighted by Crippen LogP contribution is 2.29. The molecule has 194 valence electrons. The lowest BCUT2D eigenvalue weighted by Gasteiger charge is -2.44. The van der Waals surface area contributed by atoms with Crippen molar-refractivity contribution in [1.82, 2.24) is 5.32 Å². The number of nitriles is 1. The third kappa shape index (κ3) is 8.54. The second-order valence-corrected chi connectivity index (χ2v) is 10.8. The summed E-state index contributed by atoms with van der Waals surface area (Å²) in [4.78, 5) is 12.6. The van der Waals surface area contributed by atoms with E-state index in [9.17, 15) is 10.1 Å². The van der Waals surface area contributed by atoms with E-state index in [1.807, 2.05) is 71.0 Å². The number of ether oxygens (including phenoxy) is 4. The van der Waals surface area contributed by atoms with Gasteiger partial charge < -0.3 is 24.3 Å². The van der Waals surface area contributed by atoms with Crippen LogP contribution in [0.15, 0.2) is 48.5 Å². The number of rotatable bonds is 9. The summed E-state index contributed by atoms with van der Waals surface area (Å²) in [7, 11) is 0. The van der Waals surface area contributed by atoms with E-state index < -0.39 is 23.0 Å². The largest absolute Gasteiger partial charge is 0.492 e. The van der Waals surface area contributed by atoms with Crippen LogP contribution in [-0.4, -0.2) is 42.8 Å². The van der Waals surface area contributed by atoms with Crippen molar-refractivity contribution >= 4 is 6.09 Å². The number of aryl methyl sites for hydroxylation is 2. The summed E-state index contributed by atoms with van der Waals surface area (Å²) < 4.78 is 23.2. The summed E-state index contributed by atoms with van der Waals surface area (Å²) in [5.74, 6) is -0.131. The van der Waals surface area contributed by atoms with Crippen molar-refractivity contribution in [3.63, 3.8) is 0 Å². The van der Waals surface area contributed by atoms with Gasteiger partial charge in [0, 0.05) is 0 Å². The monoisotopic (exact) mass is 494 g/mol. The first-order chi connectivity index (χ1) is 17.0. The Balaban J connectivity index is 1.61. The molecule has 1 aliphatic heterocycles. The van der Waals surface area contributed by atoms with Crippen LogP contribution in [0.2, 0.25) is 0 Å². The minimum Gasteiger partial charge on any atom is -0.492 e. The number of hydrogen-bond donors (Lipinski definition) is 1. The highest BCUT2D eigenvalue weighted by atomic mass is 16.7. The molecular formula is C29H38N2O5. The Bertz CT molecular complexity index is 1040. The molecule has 0 radical (unpaired) electrons. The number of nitrogens with one attached hydrogen (secondary N) is 1. The number of amides is 1. The van der Waals surface area contributed by atoms with E-state index >= 15 is 0 Å². The van der Waals surface area contributed by atoms with Gasteiger partial charge in [0.1, 0.15) is 17.4 Å². The van der Waals surface area contributed by atoms with E-state index in [0.29, 0.717) is 44.0 Å². The number of alkyl carbamates (subject to hydrolysis) is 1. The minimum absolute atomic E-state index is 0.299. The van der Waals surface area contributed by atoms with Gasteiger partial charge in [-0.1, -0.05) is 36.4 Å². The molecule has 1 amide bonds. The molecule has 2 aromatic carbocycles. The van der Waals surface area contributed by atoms with Gasteiger partial charge >= 0.3 is 6.09 Å². The van der Waals surface area contributed by atoms with E-state index in [1.165, 1.54) is 5.56 Å². The van der Waals surface area contributed by atoms with E-state index in [1.54, 1.807) is 0 Å². The third-order valence-electron chi connectivity index (χ3n) is 5.93. The molecule has 0 aliphatic carbocycles. The fourth-order valence-electron chi connectivity index (χ4n) is 3.94. The van der Waals surface area contributed by atoms with Crippen LogP contribution in [0, 0.1) is 11.3 Å². The maximum Gasteiger partial charge on any atom is 0.408 e. The van der Waals surface area contributed by atoms with Gasteiger partial charge in [0.05, 0.1) is 30.9 Å². The molecule has 3 rings (SSSR count). The first-order valence-electron chi connectivity index (χ1n) is 12.5. The molecule has 1 heterocycles. The molecule has 1 N–H and O–H groups in total. The van der Waals surface area contributed by atoms with Gasteiger partial charge in [0.25, 0.3) is 0 Å². The normalized spacial score (nSPS) is 16.6. The Morgan fingerprint density at radius 2 is 1.75 bits per heavy atom. The SMILES string of the molecule is CC(C)(C)OC(=O)NC1(CCc2ccc(OCCCc3ccccc3)c(C#N)c2)COC(C)(C)OC1. The van der Waals surface area contributed by atoms with Crippen molar-refractivity contribution in [3.05, 3.63) is 65.2 Å². The number of carbonyl (C=O) groups is 1. The topological polar surface area (TPSA) is 89.8 Å². The standard InChI is InChI=1S/C29H38N2O5/c1-27(2,3)36-26(32)31-29(20-34-28(4,5)35-21-29)16-15-23-13-14-25(24(18-23)19-30)33-17-9-12-22-10-7-6-8-11-22/h6-8,10-11,13-14,18H,9,12,15-17,20-21H2,1-5H3,(H,31,32). The zero-order valence-corrected chi connectivity index (χ0v) is 22.1. The average molecular weight is 495 g/mol. The maximum absolute atomic E-state index is 12.6. The van der Waals surface area contributed by atoms with Crippen LogP contribution in [0.1, 0.15) is 64.2 Å². The Hall–Kier alpha value is -3.08. The molecule has 1 aliphatic rings. The van der Waals surface area contributed by atoms with Crippen LogP contribution in [0.25, 0.3) is 0 Å². The van der Waals surface area contributed by atoms with E-state index in [-0.39, 0.29) is 0 Å². The fourth-order valence-corrected chi connectivity index (χ4v) is 3.94. The molecule has 0 bridgehead atoms. The lowest BCUT2D eigenvalue weighted by Crippen LogP contribution is -2.61. The summed E-state index contributed by atoms with van der Waals surface area (Å²) in [5, 5.41) is 12.7. The second kappa shape index (κ2) is 11.8. The van der Waals surface area contributed by atoms with E-state index in [2.05, 4.69) is 23.5 Å². The number of carbonyl (C=O) groups excluding carboxylic acids is 1. The average Bonchev–Trinajstić information content (AvgIpc) is 2.82. The molecule has 0 saturated carbocycles. The van der Waals surface area contributed by atoms with E-state index in [0.717, 1.165) is 18.4 Å². The highest BCUT2D eigenvalue weighted by Gasteiger charge is 2.42. The Morgan fingerprint density at radius 1 is 1.06 bits per heavy atom. The van der Waals surface area contributed by atoms with Crippen LogP contribution in [0.4, 0.5) is 4.79 Å². The summed E-state index contributed by atoms with van der Waals surface area (Å²) in [6, 6.07) is 18.2. The van der Waals surface area contributed by atoms with Crippen LogP contribution in [0.5, 0.6) is 5.75 Å². The maximum atomic E-state index is 12.6. The van der Waals surface area contributed by atoms with Crippen molar-refractivity contribution in [1.29, 1.82) is 5.26 Å². The van der Waals surface area contributed by atoms with Crippen LogP contribution < -0.4 is 10.1 Å². The number of nitrogens with zero attached hydrogens (tertiary/aromatic N) is 1. The van der Waals surface area contributed by atoms with Crippen LogP contribution >= 0.6 is 0 Å². The fraction of sp³-hybridized carbons (Fsp3) is 0.517. The molecule has 1 saturated heterocycles. The first kappa shape index (κ1) is 27.5. The molecular weight excluding hydrogens is 456 g/mol. The quantitative estimate of drug-likeness (QED) is 0.460. The van der Waals surface area contributed by atoms with Crippen molar-refractivity contribution < 1.29 is 23.7 Å². The predicted molar refractivity (Wildman–Crippen MR) is 138 cm³/mol. The van der Waals surface area contributed by atoms with Crippen LogP contribution in [-0.2, 0) is 27.1 Å². The first-order valence-corrected chi connectivity index (χ1v) is 12.5. The minimum atomic E-state index is -0.739.